The van der Waals surface area contributed by atoms with Crippen LogP contribution in [0.15, 0.2) is 70.0 Å². The Morgan fingerprint density at radius 2 is 1.64 bits per heavy atom. The fraction of sp³-hybridized carbons (Fsp3) is 0.120. The number of fused-ring (bicyclic) bond motifs is 1. The Labute approximate surface area is 188 Å². The van der Waals surface area contributed by atoms with E-state index in [1.54, 1.807) is 0 Å². The van der Waals surface area contributed by atoms with Crippen LogP contribution >= 0.6 is 0 Å². The summed E-state index contributed by atoms with van der Waals surface area (Å²) in [5.41, 5.74) is 5.47. The molecule has 0 aliphatic carbocycles. The molecule has 164 valence electrons. The SMILES string of the molecule is COC(=O)c1cc2[nH]c(-c3ccc(-c4c(C)noc4C)cc3)c(-c3ccccc3)c(=O)n2n1. The molecular formula is C25H20N4O4. The first kappa shape index (κ1) is 20.4. The van der Waals surface area contributed by atoms with E-state index in [1.165, 1.54) is 17.7 Å². The van der Waals surface area contributed by atoms with Gasteiger partial charge in [-0.2, -0.15) is 9.61 Å². The Hall–Kier alpha value is -4.46. The first-order chi connectivity index (χ1) is 16.0. The Balaban J connectivity index is 1.73. The van der Waals surface area contributed by atoms with Crippen LogP contribution < -0.4 is 5.56 Å². The summed E-state index contributed by atoms with van der Waals surface area (Å²) in [5.74, 6) is 0.132. The van der Waals surface area contributed by atoms with Crippen molar-refractivity contribution in [3.8, 4) is 33.5 Å². The second kappa shape index (κ2) is 7.90. The Kier molecular flexibility index (Phi) is 4.90. The fourth-order valence-electron chi connectivity index (χ4n) is 4.02. The number of nitrogens with zero attached hydrogens (tertiary/aromatic N) is 3. The number of aromatic nitrogens is 4. The summed E-state index contributed by atoms with van der Waals surface area (Å²) in [4.78, 5) is 28.8. The van der Waals surface area contributed by atoms with E-state index in [4.69, 9.17) is 9.26 Å². The summed E-state index contributed by atoms with van der Waals surface area (Å²) in [7, 11) is 1.27. The third kappa shape index (κ3) is 3.41. The maximum atomic E-state index is 13.5. The van der Waals surface area contributed by atoms with Crippen molar-refractivity contribution >= 4 is 11.6 Å². The number of ether oxygens (including phenoxy) is 1. The van der Waals surface area contributed by atoms with Gasteiger partial charge in [-0.3, -0.25) is 4.79 Å². The molecule has 5 aromatic rings. The highest BCUT2D eigenvalue weighted by molar-refractivity contribution is 5.89. The quantitative estimate of drug-likeness (QED) is 0.415. The molecule has 2 aromatic carbocycles. The highest BCUT2D eigenvalue weighted by Crippen LogP contribution is 2.32. The lowest BCUT2D eigenvalue weighted by molar-refractivity contribution is 0.0593. The predicted molar refractivity (Wildman–Crippen MR) is 123 cm³/mol. The van der Waals surface area contributed by atoms with Gasteiger partial charge in [0.2, 0.25) is 0 Å². The van der Waals surface area contributed by atoms with E-state index in [1.807, 2.05) is 68.4 Å². The third-order valence-electron chi connectivity index (χ3n) is 5.57. The molecule has 0 spiro atoms. The number of carbonyl (C=O) groups excluding carboxylic acids is 1. The summed E-state index contributed by atoms with van der Waals surface area (Å²) < 4.78 is 11.2. The maximum absolute atomic E-state index is 13.5. The van der Waals surface area contributed by atoms with Crippen LogP contribution in [-0.2, 0) is 4.74 Å². The number of hydrogen-bond donors (Lipinski definition) is 1. The summed E-state index contributed by atoms with van der Waals surface area (Å²) >= 11 is 0. The van der Waals surface area contributed by atoms with E-state index >= 15 is 0 Å². The maximum Gasteiger partial charge on any atom is 0.358 e. The smallest absolute Gasteiger partial charge is 0.358 e. The number of hydrogen-bond acceptors (Lipinski definition) is 6. The van der Waals surface area contributed by atoms with E-state index in [9.17, 15) is 9.59 Å². The highest BCUT2D eigenvalue weighted by atomic mass is 16.5. The Bertz CT molecular complexity index is 1520. The molecule has 8 heteroatoms. The van der Waals surface area contributed by atoms with Gasteiger partial charge in [-0.25, -0.2) is 4.79 Å². The number of carbonyl (C=O) groups is 1. The topological polar surface area (TPSA) is 102 Å². The number of H-pyrrole nitrogens is 1. The molecule has 5 rings (SSSR count). The minimum Gasteiger partial charge on any atom is -0.464 e. The summed E-state index contributed by atoms with van der Waals surface area (Å²) in [6.45, 7) is 3.78. The lowest BCUT2D eigenvalue weighted by Gasteiger charge is -2.11. The van der Waals surface area contributed by atoms with Crippen molar-refractivity contribution in [1.29, 1.82) is 0 Å². The van der Waals surface area contributed by atoms with Crippen molar-refractivity contribution < 1.29 is 14.1 Å². The van der Waals surface area contributed by atoms with E-state index in [2.05, 4.69) is 15.2 Å². The molecule has 3 heterocycles. The molecular weight excluding hydrogens is 420 g/mol. The summed E-state index contributed by atoms with van der Waals surface area (Å²) in [6, 6.07) is 18.7. The number of methoxy groups -OCH3 is 1. The molecule has 0 saturated carbocycles. The van der Waals surface area contributed by atoms with Gasteiger partial charge in [-0.05, 0) is 30.5 Å². The zero-order valence-corrected chi connectivity index (χ0v) is 18.2. The van der Waals surface area contributed by atoms with Crippen LogP contribution in [0.1, 0.15) is 21.9 Å². The number of esters is 1. The first-order valence-electron chi connectivity index (χ1n) is 10.3. The molecule has 1 N–H and O–H groups in total. The molecule has 33 heavy (non-hydrogen) atoms. The van der Waals surface area contributed by atoms with Gasteiger partial charge < -0.3 is 14.2 Å². The second-order valence-corrected chi connectivity index (χ2v) is 7.64. The largest absolute Gasteiger partial charge is 0.464 e. The highest BCUT2D eigenvalue weighted by Gasteiger charge is 2.20. The lowest BCUT2D eigenvalue weighted by atomic mass is 9.97. The van der Waals surface area contributed by atoms with Crippen LogP contribution in [0.3, 0.4) is 0 Å². The van der Waals surface area contributed by atoms with Crippen molar-refractivity contribution in [2.24, 2.45) is 0 Å². The number of rotatable bonds is 4. The monoisotopic (exact) mass is 440 g/mol. The standard InChI is InChI=1S/C25H20N4O4/c1-14-21(15(2)33-28-14)17-9-11-18(12-10-17)23-22(16-7-5-4-6-8-16)24(30)29-20(26-23)13-19(27-29)25(31)32-3/h4-13,26H,1-3H3. The molecule has 0 saturated heterocycles. The lowest BCUT2D eigenvalue weighted by Crippen LogP contribution is -2.19. The van der Waals surface area contributed by atoms with E-state index in [-0.39, 0.29) is 11.3 Å². The van der Waals surface area contributed by atoms with Gasteiger partial charge in [0.25, 0.3) is 5.56 Å². The van der Waals surface area contributed by atoms with Gasteiger partial charge in [0.15, 0.2) is 5.69 Å². The van der Waals surface area contributed by atoms with Gasteiger partial charge in [-0.1, -0.05) is 59.8 Å². The predicted octanol–water partition coefficient (Wildman–Crippen LogP) is 4.42. The van der Waals surface area contributed by atoms with Crippen molar-refractivity contribution in [2.75, 3.05) is 7.11 Å². The molecule has 0 atom stereocenters. The summed E-state index contributed by atoms with van der Waals surface area (Å²) in [5, 5.41) is 8.18. The zero-order chi connectivity index (χ0) is 23.1. The zero-order valence-electron chi connectivity index (χ0n) is 18.2. The van der Waals surface area contributed by atoms with Crippen molar-refractivity contribution in [1.82, 2.24) is 19.8 Å². The molecule has 3 aromatic heterocycles. The van der Waals surface area contributed by atoms with Crippen LogP contribution in [0.4, 0.5) is 0 Å². The van der Waals surface area contributed by atoms with Gasteiger partial charge >= 0.3 is 5.97 Å². The minimum absolute atomic E-state index is 0.0516. The molecule has 0 aliphatic heterocycles. The molecule has 0 amide bonds. The first-order valence-corrected chi connectivity index (χ1v) is 10.3. The molecule has 0 unspecified atom stereocenters. The average Bonchev–Trinajstić information content (AvgIpc) is 3.42. The Morgan fingerprint density at radius 1 is 0.970 bits per heavy atom. The van der Waals surface area contributed by atoms with E-state index in [0.29, 0.717) is 16.9 Å². The number of aryl methyl sites for hydroxylation is 2. The number of nitrogens with one attached hydrogen (secondary N) is 1. The van der Waals surface area contributed by atoms with Crippen LogP contribution in [-0.4, -0.2) is 32.8 Å². The molecule has 8 nitrogen and oxygen atoms in total. The third-order valence-corrected chi connectivity index (χ3v) is 5.57. The van der Waals surface area contributed by atoms with Crippen LogP contribution in [0.25, 0.3) is 39.2 Å². The van der Waals surface area contributed by atoms with Gasteiger partial charge in [0, 0.05) is 11.6 Å². The minimum atomic E-state index is -0.613. The van der Waals surface area contributed by atoms with E-state index < -0.39 is 5.97 Å². The van der Waals surface area contributed by atoms with Crippen molar-refractivity contribution in [3.05, 3.63) is 88.2 Å². The average molecular weight is 440 g/mol. The van der Waals surface area contributed by atoms with Gasteiger partial charge in [-0.15, -0.1) is 0 Å². The van der Waals surface area contributed by atoms with Gasteiger partial charge in [0.1, 0.15) is 11.4 Å². The second-order valence-electron chi connectivity index (χ2n) is 7.64. The van der Waals surface area contributed by atoms with Gasteiger partial charge in [0.05, 0.1) is 24.1 Å². The molecule has 0 radical (unpaired) electrons. The van der Waals surface area contributed by atoms with E-state index in [0.717, 1.165) is 33.7 Å². The number of benzene rings is 2. The normalized spacial score (nSPS) is 11.1. The molecule has 0 fully saturated rings. The molecule has 0 aliphatic rings. The van der Waals surface area contributed by atoms with Crippen molar-refractivity contribution in [2.45, 2.75) is 13.8 Å². The van der Waals surface area contributed by atoms with Crippen LogP contribution in [0, 0.1) is 13.8 Å². The van der Waals surface area contributed by atoms with Crippen LogP contribution in [0.2, 0.25) is 0 Å². The molecule has 0 bridgehead atoms. The number of aromatic amines is 1. The Morgan fingerprint density at radius 3 is 2.27 bits per heavy atom. The van der Waals surface area contributed by atoms with Crippen molar-refractivity contribution in [3.63, 3.8) is 0 Å². The summed E-state index contributed by atoms with van der Waals surface area (Å²) in [6.07, 6.45) is 0. The van der Waals surface area contributed by atoms with Crippen LogP contribution in [0.5, 0.6) is 0 Å². The fourth-order valence-corrected chi connectivity index (χ4v) is 4.02.